The van der Waals surface area contributed by atoms with E-state index in [2.05, 4.69) is 20.3 Å². The molecule has 0 radical (unpaired) electrons. The largest absolute Gasteiger partial charge is 0.347 e. The van der Waals surface area contributed by atoms with E-state index in [-0.39, 0.29) is 17.7 Å². The first kappa shape index (κ1) is 18.2. The zero-order chi connectivity index (χ0) is 18.5. The van der Waals surface area contributed by atoms with Gasteiger partial charge in [-0.05, 0) is 34.9 Å². The number of amides is 3. The lowest BCUT2D eigenvalue weighted by Gasteiger charge is -2.28. The first-order chi connectivity index (χ1) is 12.6. The van der Waals surface area contributed by atoms with Crippen LogP contribution in [0.4, 0.5) is 0 Å². The summed E-state index contributed by atoms with van der Waals surface area (Å²) >= 11 is 1.47. The summed E-state index contributed by atoms with van der Waals surface area (Å²) in [4.78, 5) is 36.0. The molecule has 0 aliphatic carbocycles. The average Bonchev–Trinajstić information content (AvgIpc) is 3.28. The van der Waals surface area contributed by atoms with Gasteiger partial charge in [0.15, 0.2) is 0 Å². The van der Waals surface area contributed by atoms with Gasteiger partial charge in [0.05, 0.1) is 5.88 Å². The summed E-state index contributed by atoms with van der Waals surface area (Å²) in [6, 6.07) is 4.93. The van der Waals surface area contributed by atoms with Crippen LogP contribution in [0.3, 0.4) is 0 Å². The Morgan fingerprint density at radius 1 is 1.19 bits per heavy atom. The number of fused-ring (bicyclic) bond motifs is 1. The standard InChI is InChI=1S/C16H19N5O4S/c1-11(22)17-10-26-8-5-15(23)20-6-2-7-21(20)16(24)12-3-4-13-14(9-12)19-25-18-13/h3-4,9H,2,5-8,10H2,1H3,(H,17,22). The first-order valence-corrected chi connectivity index (χ1v) is 9.38. The Labute approximate surface area is 154 Å². The second kappa shape index (κ2) is 8.17. The molecule has 3 amide bonds. The molecule has 0 bridgehead atoms. The minimum absolute atomic E-state index is 0.0978. The second-order valence-corrected chi connectivity index (χ2v) is 6.91. The molecular weight excluding hydrogens is 358 g/mol. The second-order valence-electron chi connectivity index (χ2n) is 5.80. The number of hydrogen-bond donors (Lipinski definition) is 1. The van der Waals surface area contributed by atoms with E-state index in [1.807, 2.05) is 0 Å². The van der Waals surface area contributed by atoms with E-state index < -0.39 is 0 Å². The lowest BCUT2D eigenvalue weighted by atomic mass is 10.2. The smallest absolute Gasteiger partial charge is 0.272 e. The SMILES string of the molecule is CC(=O)NCSCCC(=O)N1CCCN1C(=O)c1ccc2nonc2c1. The van der Waals surface area contributed by atoms with Crippen LogP contribution in [0.1, 0.15) is 30.1 Å². The van der Waals surface area contributed by atoms with Crippen LogP contribution < -0.4 is 5.32 Å². The number of thioether (sulfide) groups is 1. The first-order valence-electron chi connectivity index (χ1n) is 8.23. The van der Waals surface area contributed by atoms with Gasteiger partial charge < -0.3 is 5.32 Å². The van der Waals surface area contributed by atoms with Crippen LogP contribution in [0, 0.1) is 0 Å². The Balaban J connectivity index is 1.59. The maximum atomic E-state index is 12.8. The van der Waals surface area contributed by atoms with Crippen molar-refractivity contribution in [2.24, 2.45) is 0 Å². The molecule has 0 unspecified atom stereocenters. The van der Waals surface area contributed by atoms with Crippen molar-refractivity contribution in [2.75, 3.05) is 24.7 Å². The maximum Gasteiger partial charge on any atom is 0.272 e. The highest BCUT2D eigenvalue weighted by Gasteiger charge is 2.31. The molecule has 138 valence electrons. The zero-order valence-electron chi connectivity index (χ0n) is 14.3. The summed E-state index contributed by atoms with van der Waals surface area (Å²) in [6.45, 7) is 2.47. The predicted octanol–water partition coefficient (Wildman–Crippen LogP) is 1.03. The van der Waals surface area contributed by atoms with E-state index in [1.165, 1.54) is 28.7 Å². The van der Waals surface area contributed by atoms with Crippen LogP contribution in [-0.4, -0.2) is 62.8 Å². The molecule has 0 spiro atoms. The van der Waals surface area contributed by atoms with Crippen molar-refractivity contribution in [1.29, 1.82) is 0 Å². The summed E-state index contributed by atoms with van der Waals surface area (Å²) in [5, 5.41) is 13.1. The number of rotatable bonds is 6. The monoisotopic (exact) mass is 377 g/mol. The highest BCUT2D eigenvalue weighted by Crippen LogP contribution is 2.19. The summed E-state index contributed by atoms with van der Waals surface area (Å²) in [5.74, 6) is 0.604. The van der Waals surface area contributed by atoms with Crippen molar-refractivity contribution >= 4 is 40.5 Å². The van der Waals surface area contributed by atoms with E-state index >= 15 is 0 Å². The summed E-state index contributed by atoms with van der Waals surface area (Å²) in [5.41, 5.74) is 1.52. The van der Waals surface area contributed by atoms with Gasteiger partial charge in [-0.25, -0.2) is 9.64 Å². The molecule has 2 heterocycles. The minimum Gasteiger partial charge on any atom is -0.347 e. The summed E-state index contributed by atoms with van der Waals surface area (Å²) in [7, 11) is 0. The van der Waals surface area contributed by atoms with Crippen LogP contribution >= 0.6 is 11.8 Å². The Kier molecular flexibility index (Phi) is 5.71. The van der Waals surface area contributed by atoms with Crippen molar-refractivity contribution < 1.29 is 19.0 Å². The fourth-order valence-corrected chi connectivity index (χ4v) is 3.43. The Bertz CT molecular complexity index is 824. The molecule has 1 fully saturated rings. The van der Waals surface area contributed by atoms with Gasteiger partial charge in [-0.2, -0.15) is 0 Å². The molecule has 1 aliphatic heterocycles. The number of hydrogen-bond acceptors (Lipinski definition) is 7. The third-order valence-corrected chi connectivity index (χ3v) is 4.78. The molecule has 1 aromatic carbocycles. The fraction of sp³-hybridized carbons (Fsp3) is 0.438. The molecule has 0 saturated carbocycles. The number of carbonyl (C=O) groups excluding carboxylic acids is 3. The highest BCUT2D eigenvalue weighted by molar-refractivity contribution is 7.99. The molecule has 0 atom stereocenters. The fourth-order valence-electron chi connectivity index (χ4n) is 2.66. The zero-order valence-corrected chi connectivity index (χ0v) is 15.1. The molecule has 26 heavy (non-hydrogen) atoms. The highest BCUT2D eigenvalue weighted by atomic mass is 32.2. The molecule has 1 aromatic heterocycles. The van der Waals surface area contributed by atoms with E-state index in [1.54, 1.807) is 18.2 Å². The van der Waals surface area contributed by atoms with Gasteiger partial charge in [0.25, 0.3) is 5.91 Å². The van der Waals surface area contributed by atoms with Crippen LogP contribution in [0.15, 0.2) is 22.8 Å². The van der Waals surface area contributed by atoms with E-state index in [0.29, 0.717) is 47.7 Å². The average molecular weight is 377 g/mol. The number of nitrogens with zero attached hydrogens (tertiary/aromatic N) is 4. The van der Waals surface area contributed by atoms with Crippen molar-refractivity contribution in [2.45, 2.75) is 19.8 Å². The van der Waals surface area contributed by atoms with Crippen LogP contribution in [-0.2, 0) is 9.59 Å². The van der Waals surface area contributed by atoms with Crippen LogP contribution in [0.2, 0.25) is 0 Å². The maximum absolute atomic E-state index is 12.8. The van der Waals surface area contributed by atoms with Crippen molar-refractivity contribution in [1.82, 2.24) is 25.6 Å². The number of aromatic nitrogens is 2. The molecular formula is C16H19N5O4S. The predicted molar refractivity (Wildman–Crippen MR) is 94.9 cm³/mol. The van der Waals surface area contributed by atoms with Crippen molar-refractivity contribution in [3.63, 3.8) is 0 Å². The van der Waals surface area contributed by atoms with Gasteiger partial charge >= 0.3 is 0 Å². The number of carbonyl (C=O) groups is 3. The molecule has 1 aliphatic rings. The van der Waals surface area contributed by atoms with Gasteiger partial charge in [-0.1, -0.05) is 0 Å². The number of benzene rings is 1. The van der Waals surface area contributed by atoms with Crippen molar-refractivity contribution in [3.05, 3.63) is 23.8 Å². The molecule has 10 heteroatoms. The quantitative estimate of drug-likeness (QED) is 0.591. The van der Waals surface area contributed by atoms with E-state index in [4.69, 9.17) is 0 Å². The Morgan fingerprint density at radius 3 is 2.77 bits per heavy atom. The van der Waals surface area contributed by atoms with Gasteiger partial charge in [0.1, 0.15) is 11.0 Å². The van der Waals surface area contributed by atoms with Gasteiger partial charge in [-0.3, -0.25) is 19.4 Å². The van der Waals surface area contributed by atoms with E-state index in [9.17, 15) is 14.4 Å². The third-order valence-electron chi connectivity index (χ3n) is 3.94. The number of hydrazine groups is 1. The van der Waals surface area contributed by atoms with Gasteiger partial charge in [-0.15, -0.1) is 11.8 Å². The minimum atomic E-state index is -0.244. The Morgan fingerprint density at radius 2 is 1.96 bits per heavy atom. The summed E-state index contributed by atoms with van der Waals surface area (Å²) < 4.78 is 4.65. The molecule has 1 N–H and O–H groups in total. The third kappa shape index (κ3) is 4.13. The Hall–Kier alpha value is -2.62. The van der Waals surface area contributed by atoms with Crippen molar-refractivity contribution in [3.8, 4) is 0 Å². The molecule has 9 nitrogen and oxygen atoms in total. The lowest BCUT2D eigenvalue weighted by Crippen LogP contribution is -2.45. The van der Waals surface area contributed by atoms with E-state index in [0.717, 1.165) is 6.42 Å². The molecule has 3 rings (SSSR count). The normalized spacial score (nSPS) is 14.0. The van der Waals surface area contributed by atoms with Crippen LogP contribution in [0.5, 0.6) is 0 Å². The summed E-state index contributed by atoms with van der Waals surface area (Å²) in [6.07, 6.45) is 1.05. The van der Waals surface area contributed by atoms with Gasteiger partial charge in [0, 0.05) is 37.8 Å². The number of nitrogens with one attached hydrogen (secondary N) is 1. The molecule has 1 saturated heterocycles. The topological polar surface area (TPSA) is 109 Å². The molecule has 2 aromatic rings. The van der Waals surface area contributed by atoms with Gasteiger partial charge in [0.2, 0.25) is 11.8 Å². The van der Waals surface area contributed by atoms with Crippen LogP contribution in [0.25, 0.3) is 11.0 Å². The lowest BCUT2D eigenvalue weighted by molar-refractivity contribution is -0.140.